The lowest BCUT2D eigenvalue weighted by atomic mass is 10.0. The molecule has 1 heterocycles. The van der Waals surface area contributed by atoms with Gasteiger partial charge in [0.2, 0.25) is 0 Å². The Morgan fingerprint density at radius 2 is 1.95 bits per heavy atom. The molecule has 0 radical (unpaired) electrons. The van der Waals surface area contributed by atoms with E-state index in [1.54, 1.807) is 0 Å². The minimum Gasteiger partial charge on any atom is -0.321 e. The number of hydrazine groups is 1. The lowest BCUT2D eigenvalue weighted by molar-refractivity contribution is 0.551. The van der Waals surface area contributed by atoms with Gasteiger partial charge in [0.15, 0.2) is 0 Å². The first-order valence-corrected chi connectivity index (χ1v) is 6.69. The van der Waals surface area contributed by atoms with Crippen LogP contribution in [-0.4, -0.2) is 0 Å². The summed E-state index contributed by atoms with van der Waals surface area (Å²) in [7, 11) is 0. The van der Waals surface area contributed by atoms with Gasteiger partial charge in [-0.25, -0.2) is 5.43 Å². The van der Waals surface area contributed by atoms with Crippen molar-refractivity contribution in [2.45, 2.75) is 13.0 Å². The number of benzene rings is 1. The van der Waals surface area contributed by atoms with E-state index in [-0.39, 0.29) is 6.04 Å². The molecule has 2 N–H and O–H groups in total. The van der Waals surface area contributed by atoms with E-state index in [1.165, 1.54) is 11.1 Å². The van der Waals surface area contributed by atoms with Gasteiger partial charge < -0.3 is 5.43 Å². The van der Waals surface area contributed by atoms with E-state index in [4.69, 9.17) is 0 Å². The normalized spacial score (nSPS) is 20.8. The molecule has 2 nitrogen and oxygen atoms in total. The molecule has 0 bridgehead atoms. The summed E-state index contributed by atoms with van der Waals surface area (Å²) < 4.78 is 0. The van der Waals surface area contributed by atoms with Crippen LogP contribution in [0.15, 0.2) is 79.6 Å². The first-order valence-electron chi connectivity index (χ1n) is 6.69. The Labute approximate surface area is 120 Å². The second kappa shape index (κ2) is 6.73. The molecule has 0 spiro atoms. The molecule has 20 heavy (non-hydrogen) atoms. The summed E-state index contributed by atoms with van der Waals surface area (Å²) in [6.07, 6.45) is 12.0. The molecule has 1 unspecified atom stereocenters. The highest BCUT2D eigenvalue weighted by atomic mass is 15.4. The fourth-order valence-corrected chi connectivity index (χ4v) is 2.09. The number of hydrogen-bond acceptors (Lipinski definition) is 2. The van der Waals surface area contributed by atoms with Crippen LogP contribution in [0.5, 0.6) is 0 Å². The fraction of sp³-hybridized carbons (Fsp3) is 0.111. The van der Waals surface area contributed by atoms with E-state index >= 15 is 0 Å². The van der Waals surface area contributed by atoms with Crippen molar-refractivity contribution in [3.05, 3.63) is 90.7 Å². The van der Waals surface area contributed by atoms with Gasteiger partial charge in [0, 0.05) is 5.70 Å². The molecule has 2 rings (SSSR count). The number of rotatable bonds is 3. The van der Waals surface area contributed by atoms with Gasteiger partial charge in [0.25, 0.3) is 0 Å². The summed E-state index contributed by atoms with van der Waals surface area (Å²) in [5.41, 5.74) is 10.7. The molecule has 0 saturated heterocycles. The molecule has 1 aromatic carbocycles. The van der Waals surface area contributed by atoms with E-state index < -0.39 is 0 Å². The zero-order valence-electron chi connectivity index (χ0n) is 11.8. The van der Waals surface area contributed by atoms with Gasteiger partial charge in [-0.15, -0.1) is 0 Å². The molecule has 1 aliphatic heterocycles. The Morgan fingerprint density at radius 3 is 2.60 bits per heavy atom. The molecule has 0 saturated carbocycles. The Hall–Kier alpha value is -2.32. The van der Waals surface area contributed by atoms with E-state index in [0.29, 0.717) is 0 Å². The van der Waals surface area contributed by atoms with Crippen LogP contribution >= 0.6 is 0 Å². The van der Waals surface area contributed by atoms with Gasteiger partial charge in [-0.3, -0.25) is 0 Å². The molecule has 102 valence electrons. The maximum Gasteiger partial charge on any atom is 0.0693 e. The molecule has 1 aliphatic rings. The van der Waals surface area contributed by atoms with Crippen LogP contribution in [0.25, 0.3) is 5.57 Å². The third-order valence-corrected chi connectivity index (χ3v) is 3.23. The zero-order valence-corrected chi connectivity index (χ0v) is 11.8. The molecule has 0 fully saturated rings. The summed E-state index contributed by atoms with van der Waals surface area (Å²) in [6, 6.07) is 8.60. The van der Waals surface area contributed by atoms with Crippen molar-refractivity contribution in [3.63, 3.8) is 0 Å². The van der Waals surface area contributed by atoms with Gasteiger partial charge in [0.1, 0.15) is 0 Å². The molecular weight excluding hydrogens is 244 g/mol. The highest BCUT2D eigenvalue weighted by Gasteiger charge is 2.08. The van der Waals surface area contributed by atoms with Gasteiger partial charge >= 0.3 is 0 Å². The molecule has 2 heteroatoms. The van der Waals surface area contributed by atoms with Crippen molar-refractivity contribution < 1.29 is 0 Å². The second-order valence-corrected chi connectivity index (χ2v) is 4.59. The van der Waals surface area contributed by atoms with Crippen molar-refractivity contribution in [1.82, 2.24) is 10.9 Å². The van der Waals surface area contributed by atoms with E-state index in [0.717, 1.165) is 11.3 Å². The summed E-state index contributed by atoms with van der Waals surface area (Å²) >= 11 is 0. The van der Waals surface area contributed by atoms with Gasteiger partial charge in [-0.2, -0.15) is 0 Å². The summed E-state index contributed by atoms with van der Waals surface area (Å²) in [5.74, 6) is 0. The van der Waals surface area contributed by atoms with Crippen LogP contribution in [0, 0.1) is 0 Å². The third-order valence-electron chi connectivity index (χ3n) is 3.23. The van der Waals surface area contributed by atoms with Crippen LogP contribution < -0.4 is 10.9 Å². The Bertz CT molecular complexity index is 574. The van der Waals surface area contributed by atoms with Crippen molar-refractivity contribution in [3.8, 4) is 0 Å². The average molecular weight is 264 g/mol. The average Bonchev–Trinajstić information content (AvgIpc) is 2.46. The van der Waals surface area contributed by atoms with Gasteiger partial charge in [0.05, 0.1) is 6.04 Å². The molecular formula is C18H20N2. The van der Waals surface area contributed by atoms with Crippen molar-refractivity contribution in [2.75, 3.05) is 0 Å². The summed E-state index contributed by atoms with van der Waals surface area (Å²) in [5, 5.41) is 0. The largest absolute Gasteiger partial charge is 0.321 e. The number of nitrogens with one attached hydrogen (secondary N) is 2. The van der Waals surface area contributed by atoms with E-state index in [2.05, 4.69) is 60.4 Å². The minimum absolute atomic E-state index is 0.114. The van der Waals surface area contributed by atoms with Crippen LogP contribution in [0.4, 0.5) is 0 Å². The topological polar surface area (TPSA) is 24.1 Å². The summed E-state index contributed by atoms with van der Waals surface area (Å²) in [6.45, 7) is 9.74. The SMILES string of the molecule is C=C/C(=C\C)c1ccc(C2C=C/C=C\C(=C)NN2)cc1. The minimum atomic E-state index is 0.114. The van der Waals surface area contributed by atoms with Crippen molar-refractivity contribution >= 4 is 5.57 Å². The molecule has 0 amide bonds. The lowest BCUT2D eigenvalue weighted by Gasteiger charge is -2.19. The standard InChI is InChI=1S/C18H20N2/c1-4-15(5-2)16-10-12-17(13-11-16)18-9-7-6-8-14(3)19-20-18/h4-13,18-20H,1,3H2,2H3/b8-6-,9-7?,15-5+. The predicted molar refractivity (Wildman–Crippen MR) is 86.7 cm³/mol. The Morgan fingerprint density at radius 1 is 1.20 bits per heavy atom. The molecule has 0 aliphatic carbocycles. The maximum atomic E-state index is 3.89. The quantitative estimate of drug-likeness (QED) is 0.805. The van der Waals surface area contributed by atoms with E-state index in [1.807, 2.05) is 31.2 Å². The summed E-state index contributed by atoms with van der Waals surface area (Å²) in [4.78, 5) is 0. The highest BCUT2D eigenvalue weighted by molar-refractivity contribution is 5.73. The first kappa shape index (κ1) is 14.1. The monoisotopic (exact) mass is 264 g/mol. The van der Waals surface area contributed by atoms with Crippen LogP contribution in [0.3, 0.4) is 0 Å². The third kappa shape index (κ3) is 3.37. The van der Waals surface area contributed by atoms with Gasteiger partial charge in [-0.05, 0) is 29.7 Å². The van der Waals surface area contributed by atoms with Crippen LogP contribution in [0.2, 0.25) is 0 Å². The first-order chi connectivity index (χ1) is 9.74. The lowest BCUT2D eigenvalue weighted by Crippen LogP contribution is -2.33. The maximum absolute atomic E-state index is 3.89. The second-order valence-electron chi connectivity index (χ2n) is 4.59. The molecule has 1 aromatic rings. The van der Waals surface area contributed by atoms with Crippen LogP contribution in [0.1, 0.15) is 24.1 Å². The fourth-order valence-electron chi connectivity index (χ4n) is 2.09. The van der Waals surface area contributed by atoms with Crippen LogP contribution in [-0.2, 0) is 0 Å². The van der Waals surface area contributed by atoms with Crippen molar-refractivity contribution in [2.24, 2.45) is 0 Å². The number of allylic oxidation sites excluding steroid dienone is 6. The van der Waals surface area contributed by atoms with Gasteiger partial charge in [-0.1, -0.05) is 67.8 Å². The molecule has 1 atom stereocenters. The highest BCUT2D eigenvalue weighted by Crippen LogP contribution is 2.20. The Kier molecular flexibility index (Phi) is 4.75. The predicted octanol–water partition coefficient (Wildman–Crippen LogP) is 4.05. The Balaban J connectivity index is 2.21. The number of hydrogen-bond donors (Lipinski definition) is 2. The zero-order chi connectivity index (χ0) is 14.4. The van der Waals surface area contributed by atoms with E-state index in [9.17, 15) is 0 Å². The van der Waals surface area contributed by atoms with Crippen molar-refractivity contribution in [1.29, 1.82) is 0 Å². The molecule has 0 aromatic heterocycles. The smallest absolute Gasteiger partial charge is 0.0693 e.